The van der Waals surface area contributed by atoms with Crippen molar-refractivity contribution < 1.29 is 4.79 Å². The van der Waals surface area contributed by atoms with E-state index in [2.05, 4.69) is 29.9 Å². The highest BCUT2D eigenvalue weighted by atomic mass is 32.2. The van der Waals surface area contributed by atoms with Crippen molar-refractivity contribution in [1.29, 1.82) is 0 Å². The maximum Gasteiger partial charge on any atom is 0.233 e. The molecule has 0 aromatic carbocycles. The van der Waals surface area contributed by atoms with Gasteiger partial charge in [-0.05, 0) is 50.1 Å². The van der Waals surface area contributed by atoms with Crippen molar-refractivity contribution in [3.8, 4) is 0 Å². The molecule has 0 unspecified atom stereocenters. The molecule has 0 atom stereocenters. The molecule has 4 rings (SSSR count). The number of hydrogen-bond donors (Lipinski definition) is 0. The summed E-state index contributed by atoms with van der Waals surface area (Å²) in [4.78, 5) is 21.0. The molecular weight excluding hydrogens is 362 g/mol. The number of amides is 1. The lowest BCUT2D eigenvalue weighted by Gasteiger charge is -2.28. The lowest BCUT2D eigenvalue weighted by atomic mass is 9.95. The van der Waals surface area contributed by atoms with Gasteiger partial charge in [-0.2, -0.15) is 0 Å². The van der Waals surface area contributed by atoms with Gasteiger partial charge in [-0.15, -0.1) is 11.3 Å². The van der Waals surface area contributed by atoms with Gasteiger partial charge in [0, 0.05) is 29.7 Å². The molecule has 2 aliphatic rings. The third-order valence-corrected chi connectivity index (χ3v) is 7.74. The van der Waals surface area contributed by atoms with Crippen LogP contribution in [0.4, 0.5) is 0 Å². The maximum absolute atomic E-state index is 12.8. The van der Waals surface area contributed by atoms with E-state index in [1.54, 1.807) is 11.8 Å². The maximum atomic E-state index is 12.8. The summed E-state index contributed by atoms with van der Waals surface area (Å²) in [6, 6.07) is 2.72. The number of hydrogen-bond acceptors (Lipinski definition) is 4. The van der Waals surface area contributed by atoms with Crippen molar-refractivity contribution in [3.63, 3.8) is 0 Å². The summed E-state index contributed by atoms with van der Waals surface area (Å²) in [6.07, 6.45) is 7.45. The van der Waals surface area contributed by atoms with Gasteiger partial charge in [0.05, 0.1) is 11.4 Å². The molecule has 1 fully saturated rings. The van der Waals surface area contributed by atoms with Gasteiger partial charge >= 0.3 is 0 Å². The van der Waals surface area contributed by atoms with Crippen molar-refractivity contribution >= 4 is 29.0 Å². The number of thioether (sulfide) groups is 1. The number of carbonyl (C=O) groups excluding carboxylic acids is 1. The molecule has 0 bridgehead atoms. The molecule has 140 valence electrons. The molecule has 2 aromatic heterocycles. The quantitative estimate of drug-likeness (QED) is 0.709. The molecule has 1 aliphatic heterocycles. The SMILES string of the molecule is Cc1nc(SCC(=O)N2CCc3sccc3C2)n(C2CCCCC2)c1C. The molecule has 0 saturated heterocycles. The second kappa shape index (κ2) is 7.77. The van der Waals surface area contributed by atoms with Crippen LogP contribution >= 0.6 is 23.1 Å². The van der Waals surface area contributed by atoms with E-state index in [4.69, 9.17) is 4.98 Å². The summed E-state index contributed by atoms with van der Waals surface area (Å²) in [5, 5.41) is 3.17. The summed E-state index contributed by atoms with van der Waals surface area (Å²) in [7, 11) is 0. The Hall–Kier alpha value is -1.27. The van der Waals surface area contributed by atoms with Crippen LogP contribution in [0.5, 0.6) is 0 Å². The van der Waals surface area contributed by atoms with Gasteiger partial charge < -0.3 is 9.47 Å². The first-order valence-corrected chi connectivity index (χ1v) is 11.5. The van der Waals surface area contributed by atoms with Crippen LogP contribution in [0.15, 0.2) is 16.6 Å². The normalized spacial score (nSPS) is 18.2. The van der Waals surface area contributed by atoms with Crippen molar-refractivity contribution in [2.24, 2.45) is 0 Å². The predicted octanol–water partition coefficient (Wildman–Crippen LogP) is 4.74. The number of carbonyl (C=O) groups is 1. The first kappa shape index (κ1) is 18.1. The van der Waals surface area contributed by atoms with E-state index in [1.807, 2.05) is 16.2 Å². The zero-order chi connectivity index (χ0) is 18.1. The van der Waals surface area contributed by atoms with Gasteiger partial charge in [-0.3, -0.25) is 4.79 Å². The van der Waals surface area contributed by atoms with Gasteiger partial charge in [0.15, 0.2) is 5.16 Å². The zero-order valence-corrected chi connectivity index (χ0v) is 17.3. The molecule has 3 heterocycles. The number of fused-ring (bicyclic) bond motifs is 1. The van der Waals surface area contributed by atoms with Crippen LogP contribution in [0.3, 0.4) is 0 Å². The van der Waals surface area contributed by atoms with E-state index < -0.39 is 0 Å². The van der Waals surface area contributed by atoms with E-state index in [0.717, 1.165) is 30.4 Å². The van der Waals surface area contributed by atoms with Crippen molar-refractivity contribution in [2.45, 2.75) is 70.1 Å². The second-order valence-electron chi connectivity index (χ2n) is 7.45. The number of thiophene rings is 1. The summed E-state index contributed by atoms with van der Waals surface area (Å²) in [5.41, 5.74) is 3.70. The molecule has 4 nitrogen and oxygen atoms in total. The Morgan fingerprint density at radius 3 is 2.92 bits per heavy atom. The first-order chi connectivity index (χ1) is 12.6. The minimum atomic E-state index is 0.236. The van der Waals surface area contributed by atoms with Crippen LogP contribution < -0.4 is 0 Å². The largest absolute Gasteiger partial charge is 0.337 e. The molecule has 1 aliphatic carbocycles. The predicted molar refractivity (Wildman–Crippen MR) is 108 cm³/mol. The Balaban J connectivity index is 1.43. The first-order valence-electron chi connectivity index (χ1n) is 9.64. The Bertz CT molecular complexity index is 789. The number of imidazole rings is 1. The third-order valence-electron chi connectivity index (χ3n) is 5.78. The van der Waals surface area contributed by atoms with Gasteiger partial charge in [-0.25, -0.2) is 4.98 Å². The van der Waals surface area contributed by atoms with E-state index >= 15 is 0 Å². The fraction of sp³-hybridized carbons (Fsp3) is 0.600. The third kappa shape index (κ3) is 3.58. The Morgan fingerprint density at radius 2 is 2.12 bits per heavy atom. The molecule has 0 radical (unpaired) electrons. The zero-order valence-electron chi connectivity index (χ0n) is 15.7. The monoisotopic (exact) mass is 389 g/mol. The van der Waals surface area contributed by atoms with Gasteiger partial charge in [-0.1, -0.05) is 31.0 Å². The number of aromatic nitrogens is 2. The smallest absolute Gasteiger partial charge is 0.233 e. The van der Waals surface area contributed by atoms with Crippen LogP contribution in [0, 0.1) is 13.8 Å². The lowest BCUT2D eigenvalue weighted by molar-refractivity contribution is -0.129. The van der Waals surface area contributed by atoms with E-state index in [1.165, 1.54) is 48.2 Å². The molecular formula is C20H27N3OS2. The Kier molecular flexibility index (Phi) is 5.41. The summed E-state index contributed by atoms with van der Waals surface area (Å²) in [5.74, 6) is 0.725. The van der Waals surface area contributed by atoms with Crippen molar-refractivity contribution in [2.75, 3.05) is 12.3 Å². The Labute approximate surface area is 164 Å². The highest BCUT2D eigenvalue weighted by Crippen LogP contribution is 2.34. The van der Waals surface area contributed by atoms with Crippen molar-refractivity contribution in [3.05, 3.63) is 33.3 Å². The minimum absolute atomic E-state index is 0.236. The highest BCUT2D eigenvalue weighted by molar-refractivity contribution is 7.99. The van der Waals surface area contributed by atoms with Gasteiger partial charge in [0.2, 0.25) is 5.91 Å². The summed E-state index contributed by atoms with van der Waals surface area (Å²) >= 11 is 3.44. The van der Waals surface area contributed by atoms with Crippen LogP contribution in [-0.2, 0) is 17.8 Å². The molecule has 6 heteroatoms. The summed E-state index contributed by atoms with van der Waals surface area (Å²) in [6.45, 7) is 5.88. The molecule has 0 spiro atoms. The highest BCUT2D eigenvalue weighted by Gasteiger charge is 2.25. The van der Waals surface area contributed by atoms with E-state index in [9.17, 15) is 4.79 Å². The lowest BCUT2D eigenvalue weighted by Crippen LogP contribution is -2.36. The second-order valence-corrected chi connectivity index (χ2v) is 9.39. The summed E-state index contributed by atoms with van der Waals surface area (Å²) < 4.78 is 2.42. The topological polar surface area (TPSA) is 38.1 Å². The fourth-order valence-electron chi connectivity index (χ4n) is 4.15. The van der Waals surface area contributed by atoms with Crippen LogP contribution in [0.2, 0.25) is 0 Å². The van der Waals surface area contributed by atoms with Crippen LogP contribution in [-0.4, -0.2) is 32.7 Å². The standard InChI is InChI=1S/C20H27N3OS2/c1-14-15(2)23(17-6-4-3-5-7-17)20(21-14)26-13-19(24)22-10-8-18-16(12-22)9-11-25-18/h9,11,17H,3-8,10,12-13H2,1-2H3. The molecule has 1 amide bonds. The van der Waals surface area contributed by atoms with Gasteiger partial charge in [0.1, 0.15) is 0 Å². The number of rotatable bonds is 4. The minimum Gasteiger partial charge on any atom is -0.337 e. The average molecular weight is 390 g/mol. The molecule has 2 aromatic rings. The number of aryl methyl sites for hydroxylation is 1. The number of nitrogens with zero attached hydrogens (tertiary/aromatic N) is 3. The van der Waals surface area contributed by atoms with E-state index in [-0.39, 0.29) is 5.91 Å². The molecule has 1 saturated carbocycles. The van der Waals surface area contributed by atoms with E-state index in [0.29, 0.717) is 11.8 Å². The average Bonchev–Trinajstić information content (AvgIpc) is 3.24. The van der Waals surface area contributed by atoms with Crippen molar-refractivity contribution in [1.82, 2.24) is 14.5 Å². The Morgan fingerprint density at radius 1 is 1.31 bits per heavy atom. The van der Waals surface area contributed by atoms with Gasteiger partial charge in [0.25, 0.3) is 0 Å². The van der Waals surface area contributed by atoms with Crippen LogP contribution in [0.25, 0.3) is 0 Å². The van der Waals surface area contributed by atoms with Crippen LogP contribution in [0.1, 0.15) is 60.0 Å². The fourth-order valence-corrected chi connectivity index (χ4v) is 6.10. The molecule has 0 N–H and O–H groups in total. The molecule has 26 heavy (non-hydrogen) atoms.